The summed E-state index contributed by atoms with van der Waals surface area (Å²) < 4.78 is 11.9. The zero-order chi connectivity index (χ0) is 10.8. The van der Waals surface area contributed by atoms with Gasteiger partial charge in [-0.1, -0.05) is 0 Å². The van der Waals surface area contributed by atoms with Crippen LogP contribution < -0.4 is 0 Å². The zero-order valence-corrected chi connectivity index (χ0v) is 14.1. The van der Waals surface area contributed by atoms with E-state index in [1.165, 1.54) is 22.1 Å². The molecule has 0 bridgehead atoms. The predicted molar refractivity (Wildman–Crippen MR) is 73.1 cm³/mol. The van der Waals surface area contributed by atoms with Gasteiger partial charge in [0.1, 0.15) is 0 Å². The molecule has 4 unspecified atom stereocenters. The van der Waals surface area contributed by atoms with Crippen LogP contribution in [0, 0.1) is 0 Å². The van der Waals surface area contributed by atoms with Crippen molar-refractivity contribution in [3.63, 3.8) is 0 Å². The summed E-state index contributed by atoms with van der Waals surface area (Å²) in [7, 11) is 0. The van der Waals surface area contributed by atoms with E-state index in [4.69, 9.17) is 9.47 Å². The van der Waals surface area contributed by atoms with Crippen molar-refractivity contribution in [2.45, 2.75) is 31.1 Å². The van der Waals surface area contributed by atoms with E-state index in [1.54, 1.807) is 0 Å². The number of thioether (sulfide) groups is 2. The van der Waals surface area contributed by atoms with E-state index in [9.17, 15) is 0 Å². The van der Waals surface area contributed by atoms with Gasteiger partial charge in [0.15, 0.2) is 0 Å². The topological polar surface area (TPSA) is 18.5 Å². The van der Waals surface area contributed by atoms with Gasteiger partial charge in [-0.3, -0.25) is 0 Å². The Morgan fingerprint density at radius 2 is 1.31 bits per heavy atom. The van der Waals surface area contributed by atoms with Crippen LogP contribution in [-0.2, 0) is 9.47 Å². The Bertz CT molecular complexity index is 205. The van der Waals surface area contributed by atoms with Crippen LogP contribution in [0.5, 0.6) is 0 Å². The normalized spacial score (nSPS) is 42.0. The number of rotatable bonds is 6. The Kier molecular flexibility index (Phi) is 4.92. The molecule has 3 saturated heterocycles. The van der Waals surface area contributed by atoms with Crippen molar-refractivity contribution in [3.05, 3.63) is 0 Å². The van der Waals surface area contributed by atoms with Crippen molar-refractivity contribution in [2.75, 3.05) is 24.7 Å². The van der Waals surface area contributed by atoms with E-state index in [1.807, 2.05) is 23.5 Å². The van der Waals surface area contributed by atoms with Crippen molar-refractivity contribution in [3.8, 4) is 0 Å². The van der Waals surface area contributed by atoms with Crippen molar-refractivity contribution in [1.29, 1.82) is 0 Å². The van der Waals surface area contributed by atoms with E-state index < -0.39 is 0 Å². The Balaban J connectivity index is 1.28. The average molecular weight is 390 g/mol. The van der Waals surface area contributed by atoms with Gasteiger partial charge in [0.05, 0.1) is 0 Å². The third kappa shape index (κ3) is 4.40. The molecule has 0 aromatic carbocycles. The Morgan fingerprint density at radius 3 is 1.62 bits per heavy atom. The van der Waals surface area contributed by atoms with Crippen molar-refractivity contribution < 1.29 is 9.47 Å². The third-order valence-electron chi connectivity index (χ3n) is 2.58. The molecule has 3 aliphatic heterocycles. The first kappa shape index (κ1) is 12.7. The van der Waals surface area contributed by atoms with Gasteiger partial charge in [0, 0.05) is 0 Å². The van der Waals surface area contributed by atoms with E-state index in [0.717, 1.165) is 23.7 Å². The molecule has 0 aliphatic carbocycles. The molecule has 0 aromatic rings. The van der Waals surface area contributed by atoms with Crippen LogP contribution in [0.4, 0.5) is 0 Å². The fourth-order valence-electron chi connectivity index (χ4n) is 1.42. The molecule has 92 valence electrons. The van der Waals surface area contributed by atoms with Gasteiger partial charge in [-0.25, -0.2) is 0 Å². The molecule has 0 radical (unpaired) electrons. The standard InChI is InChI=1S/C10H16O2S2Se2/c1(7-3-13-7)11-9-5-16-10(6-15-9)12-2-8-4-14-8/h7-10H,1-6H2. The number of ether oxygens (including phenoxy) is 2. The fourth-order valence-corrected chi connectivity index (χ4v) is 9.14. The van der Waals surface area contributed by atoms with Crippen LogP contribution >= 0.6 is 23.5 Å². The molecule has 0 spiro atoms. The van der Waals surface area contributed by atoms with Crippen LogP contribution in [0.1, 0.15) is 0 Å². The van der Waals surface area contributed by atoms with Gasteiger partial charge in [-0.2, -0.15) is 0 Å². The maximum atomic E-state index is 5.96. The van der Waals surface area contributed by atoms with E-state index in [-0.39, 0.29) is 0 Å². The first-order chi connectivity index (χ1) is 7.90. The summed E-state index contributed by atoms with van der Waals surface area (Å²) in [6.07, 6.45) is 0. The molecule has 6 heteroatoms. The minimum absolute atomic E-state index is 0.615. The SMILES string of the molecule is C(OC1C[Se]C(OCC2CS2)C[Se]1)C1CS1. The van der Waals surface area contributed by atoms with Crippen molar-refractivity contribution in [1.82, 2.24) is 0 Å². The molecule has 3 aliphatic rings. The van der Waals surface area contributed by atoms with Gasteiger partial charge in [0.2, 0.25) is 0 Å². The number of hydrogen-bond donors (Lipinski definition) is 0. The summed E-state index contributed by atoms with van der Waals surface area (Å²) >= 11 is 5.41. The summed E-state index contributed by atoms with van der Waals surface area (Å²) in [5.41, 5.74) is 0. The third-order valence-corrected chi connectivity index (χ3v) is 11.5. The first-order valence-corrected chi connectivity index (χ1v) is 12.1. The van der Waals surface area contributed by atoms with Crippen LogP contribution in [-0.4, -0.2) is 75.1 Å². The molecular formula is C10H16O2S2Se2. The second-order valence-corrected chi connectivity index (χ2v) is 11.8. The van der Waals surface area contributed by atoms with E-state index in [2.05, 4.69) is 0 Å². The molecule has 0 aromatic heterocycles. The van der Waals surface area contributed by atoms with Crippen LogP contribution in [0.3, 0.4) is 0 Å². The summed E-state index contributed by atoms with van der Waals surface area (Å²) in [6, 6.07) is 0. The second kappa shape index (κ2) is 6.20. The van der Waals surface area contributed by atoms with Gasteiger partial charge in [-0.05, 0) is 0 Å². The second-order valence-electron chi connectivity index (χ2n) is 4.10. The maximum absolute atomic E-state index is 5.96. The van der Waals surface area contributed by atoms with Gasteiger partial charge < -0.3 is 0 Å². The summed E-state index contributed by atoms with van der Waals surface area (Å²) in [5, 5.41) is 5.50. The summed E-state index contributed by atoms with van der Waals surface area (Å²) in [4.78, 5) is 0. The zero-order valence-electron chi connectivity index (χ0n) is 9.00. The summed E-state index contributed by atoms with van der Waals surface area (Å²) in [6.45, 7) is 2.02. The minimum atomic E-state index is 0.615. The first-order valence-electron chi connectivity index (χ1n) is 5.60. The van der Waals surface area contributed by atoms with Gasteiger partial charge in [0.25, 0.3) is 0 Å². The molecule has 16 heavy (non-hydrogen) atoms. The van der Waals surface area contributed by atoms with Gasteiger partial charge >= 0.3 is 119 Å². The number of hydrogen-bond acceptors (Lipinski definition) is 4. The molecule has 0 N–H and O–H groups in total. The van der Waals surface area contributed by atoms with Crippen LogP contribution in [0.15, 0.2) is 0 Å². The average Bonchev–Trinajstić information content (AvgIpc) is 3.17. The molecular weight excluding hydrogens is 374 g/mol. The quantitative estimate of drug-likeness (QED) is 0.501. The Hall–Kier alpha value is 1.66. The molecule has 3 heterocycles. The predicted octanol–water partition coefficient (Wildman–Crippen LogP) is 1.16. The Morgan fingerprint density at radius 1 is 0.875 bits per heavy atom. The molecule has 0 amide bonds. The molecule has 3 fully saturated rings. The van der Waals surface area contributed by atoms with Crippen molar-refractivity contribution in [2.24, 2.45) is 0 Å². The fraction of sp³-hybridized carbons (Fsp3) is 1.00. The van der Waals surface area contributed by atoms with E-state index >= 15 is 0 Å². The molecule has 2 nitrogen and oxygen atoms in total. The van der Waals surface area contributed by atoms with Crippen LogP contribution in [0.2, 0.25) is 10.6 Å². The summed E-state index contributed by atoms with van der Waals surface area (Å²) in [5.74, 6) is 2.66. The van der Waals surface area contributed by atoms with Crippen LogP contribution in [0.25, 0.3) is 0 Å². The molecule has 0 saturated carbocycles. The van der Waals surface area contributed by atoms with Crippen molar-refractivity contribution >= 4 is 53.4 Å². The van der Waals surface area contributed by atoms with Gasteiger partial charge in [-0.15, -0.1) is 0 Å². The monoisotopic (exact) mass is 392 g/mol. The van der Waals surface area contributed by atoms with E-state index in [0.29, 0.717) is 39.9 Å². The Labute approximate surface area is 118 Å². The molecule has 3 rings (SSSR count). The molecule has 4 atom stereocenters.